The molecule has 2 spiro atoms. The van der Waals surface area contributed by atoms with Gasteiger partial charge in [-0.05, 0) is 150 Å². The predicted octanol–water partition coefficient (Wildman–Crippen LogP) is 18.9. The van der Waals surface area contributed by atoms with Gasteiger partial charge in [0.2, 0.25) is 0 Å². The topological polar surface area (TPSA) is 12.5 Å². The normalized spacial score (nSPS) is 14.1. The molecule has 2 aliphatic carbocycles. The molecule has 2 nitrogen and oxygen atoms in total. The van der Waals surface area contributed by atoms with E-state index in [2.05, 4.69) is 278 Å². The second-order valence-electron chi connectivity index (χ2n) is 20.2. The molecule has 2 aliphatic heterocycles. The fraction of sp³-hybridized carbons (Fsp3) is 0.0278. The van der Waals surface area contributed by atoms with Gasteiger partial charge in [-0.2, -0.15) is 0 Å². The van der Waals surface area contributed by atoms with Crippen molar-refractivity contribution in [1.29, 1.82) is 0 Å². The molecule has 0 bridgehead atoms. The van der Waals surface area contributed by atoms with Crippen LogP contribution in [0.1, 0.15) is 44.5 Å². The summed E-state index contributed by atoms with van der Waals surface area (Å²) in [6, 6.07) is 101. The van der Waals surface area contributed by atoms with Crippen LogP contribution in [0.5, 0.6) is 11.5 Å². The number of para-hydroxylation sites is 2. The smallest absolute Gasteiger partial charge is 0.132 e. The maximum Gasteiger partial charge on any atom is 0.132 e. The maximum absolute atomic E-state index is 6.75. The van der Waals surface area contributed by atoms with E-state index in [1.54, 1.807) is 0 Å². The Labute approximate surface area is 440 Å². The Morgan fingerprint density at radius 1 is 0.293 bits per heavy atom. The lowest BCUT2D eigenvalue weighted by atomic mass is 9.66. The van der Waals surface area contributed by atoms with E-state index in [-0.39, 0.29) is 0 Å². The predicted molar refractivity (Wildman–Crippen MR) is 308 cm³/mol. The fourth-order valence-electron chi connectivity index (χ4n) is 13.5. The monoisotopic (exact) mass is 971 g/mol. The number of rotatable bonds is 5. The molecule has 0 saturated carbocycles. The molecule has 2 heterocycles. The zero-order valence-electron chi connectivity index (χ0n) is 40.7. The lowest BCUT2D eigenvalue weighted by molar-refractivity contribution is 0.436. The summed E-state index contributed by atoms with van der Waals surface area (Å²) in [4.78, 5) is 5.12. The van der Waals surface area contributed by atoms with Crippen LogP contribution in [-0.2, 0) is 10.8 Å². The van der Waals surface area contributed by atoms with Crippen molar-refractivity contribution in [2.24, 2.45) is 0 Å². The number of nitrogens with zero attached hydrogens (tertiary/aromatic N) is 1. The molecular formula is C72H45NOS. The van der Waals surface area contributed by atoms with Crippen molar-refractivity contribution in [3.63, 3.8) is 0 Å². The first-order chi connectivity index (χ1) is 37.2. The maximum atomic E-state index is 6.75. The Hall–Kier alpha value is -9.15. The molecule has 12 aromatic rings. The van der Waals surface area contributed by atoms with Crippen molar-refractivity contribution in [2.75, 3.05) is 4.90 Å². The van der Waals surface area contributed by atoms with Gasteiger partial charge in [0.05, 0.1) is 16.5 Å². The second kappa shape index (κ2) is 16.2. The first-order valence-corrected chi connectivity index (χ1v) is 26.7. The van der Waals surface area contributed by atoms with Gasteiger partial charge in [-0.1, -0.05) is 218 Å². The van der Waals surface area contributed by atoms with Gasteiger partial charge < -0.3 is 9.64 Å². The van der Waals surface area contributed by atoms with Gasteiger partial charge in [0.1, 0.15) is 11.5 Å². The van der Waals surface area contributed by atoms with E-state index in [0.29, 0.717) is 0 Å². The van der Waals surface area contributed by atoms with Gasteiger partial charge in [-0.3, -0.25) is 0 Å². The SMILES string of the molecule is c1ccc(-c2ccc(-c3ccc(N(c4ccc5cc6c(cc5c4)C4(c5ccccc5Sc5ccccc54)c4ccccc4-6)c4cccc5c4-c4ccccc4C54c5ccccc5Oc5ccccc54)cc3)cc2)cc1. The summed E-state index contributed by atoms with van der Waals surface area (Å²) in [6.07, 6.45) is 0. The first-order valence-electron chi connectivity index (χ1n) is 25.9. The summed E-state index contributed by atoms with van der Waals surface area (Å²) < 4.78 is 6.75. The van der Waals surface area contributed by atoms with Crippen molar-refractivity contribution in [3.05, 3.63) is 317 Å². The van der Waals surface area contributed by atoms with E-state index in [9.17, 15) is 0 Å². The number of hydrogen-bond donors (Lipinski definition) is 0. The van der Waals surface area contributed by atoms with E-state index in [4.69, 9.17) is 4.74 Å². The second-order valence-corrected chi connectivity index (χ2v) is 21.3. The molecule has 12 aromatic carbocycles. The molecule has 0 fully saturated rings. The average molecular weight is 972 g/mol. The Kier molecular flexibility index (Phi) is 9.14. The molecule has 0 radical (unpaired) electrons. The Bertz CT molecular complexity index is 4220. The minimum Gasteiger partial charge on any atom is -0.457 e. The van der Waals surface area contributed by atoms with Gasteiger partial charge in [0.25, 0.3) is 0 Å². The van der Waals surface area contributed by atoms with Crippen LogP contribution in [0.4, 0.5) is 17.1 Å². The molecule has 0 aromatic heterocycles. The highest BCUT2D eigenvalue weighted by Crippen LogP contribution is 2.65. The van der Waals surface area contributed by atoms with E-state index in [1.807, 2.05) is 11.8 Å². The highest BCUT2D eigenvalue weighted by atomic mass is 32.2. The third kappa shape index (κ3) is 5.93. The summed E-state index contributed by atoms with van der Waals surface area (Å²) >= 11 is 1.89. The minimum atomic E-state index is -0.604. The van der Waals surface area contributed by atoms with Crippen LogP contribution >= 0.6 is 11.8 Å². The van der Waals surface area contributed by atoms with Gasteiger partial charge in [-0.15, -0.1) is 0 Å². The summed E-state index contributed by atoms with van der Waals surface area (Å²) in [6.45, 7) is 0. The standard InChI is InChI=1S/C72H45NOS/c1-2-17-46(18-3-1)47-33-35-48(36-34-47)49-37-40-52(41-38-49)73(65-28-16-27-63-70(65)55-20-5-7-22-58(55)71(63)59-23-8-12-29-66(59)74-67-30-13-9-24-60(67)71)53-42-39-50-44-56-54-19-4-6-21-57(54)72(64(56)45-51(50)43-53)61-25-10-14-31-68(61)75-69-32-15-11-26-62(69)72/h1-45H. The molecule has 0 unspecified atom stereocenters. The Morgan fingerprint density at radius 2 is 0.773 bits per heavy atom. The number of ether oxygens (including phenoxy) is 1. The largest absolute Gasteiger partial charge is 0.457 e. The van der Waals surface area contributed by atoms with Gasteiger partial charge in [0, 0.05) is 37.9 Å². The number of fused-ring (bicyclic) bond motifs is 19. The molecule has 0 N–H and O–H groups in total. The van der Waals surface area contributed by atoms with Gasteiger partial charge >= 0.3 is 0 Å². The van der Waals surface area contributed by atoms with Crippen LogP contribution in [0.15, 0.2) is 283 Å². The number of anilines is 3. The highest BCUT2D eigenvalue weighted by Gasteiger charge is 2.53. The van der Waals surface area contributed by atoms with Crippen LogP contribution in [-0.4, -0.2) is 0 Å². The van der Waals surface area contributed by atoms with Gasteiger partial charge in [-0.25, -0.2) is 0 Å². The lowest BCUT2D eigenvalue weighted by Crippen LogP contribution is -2.32. The van der Waals surface area contributed by atoms with Gasteiger partial charge in [0.15, 0.2) is 0 Å². The summed E-state index contributed by atoms with van der Waals surface area (Å²) in [5, 5.41) is 2.41. The summed E-state index contributed by atoms with van der Waals surface area (Å²) in [5.41, 5.74) is 22.2. The van der Waals surface area contributed by atoms with Crippen LogP contribution in [0.2, 0.25) is 0 Å². The quantitative estimate of drug-likeness (QED) is 0.171. The average Bonchev–Trinajstić information content (AvgIpc) is 3.93. The van der Waals surface area contributed by atoms with Crippen molar-refractivity contribution in [1.82, 2.24) is 0 Å². The molecule has 4 aliphatic rings. The van der Waals surface area contributed by atoms with E-state index in [0.717, 1.165) is 39.7 Å². The molecule has 3 heteroatoms. The van der Waals surface area contributed by atoms with Crippen molar-refractivity contribution in [3.8, 4) is 56.0 Å². The molecular weight excluding hydrogens is 927 g/mol. The van der Waals surface area contributed by atoms with E-state index >= 15 is 0 Å². The van der Waals surface area contributed by atoms with Crippen molar-refractivity contribution < 1.29 is 4.74 Å². The van der Waals surface area contributed by atoms with Crippen LogP contribution in [0, 0.1) is 0 Å². The van der Waals surface area contributed by atoms with E-state index < -0.39 is 10.8 Å². The lowest BCUT2D eigenvalue weighted by Gasteiger charge is -2.39. The Morgan fingerprint density at radius 3 is 1.43 bits per heavy atom. The fourth-order valence-corrected chi connectivity index (χ4v) is 14.7. The molecule has 0 saturated heterocycles. The number of benzene rings is 12. The molecule has 350 valence electrons. The summed E-state index contributed by atoms with van der Waals surface area (Å²) in [5.74, 6) is 1.77. The van der Waals surface area contributed by atoms with E-state index in [1.165, 1.54) is 98.5 Å². The third-order valence-electron chi connectivity index (χ3n) is 16.6. The van der Waals surface area contributed by atoms with Crippen LogP contribution in [0.3, 0.4) is 0 Å². The zero-order valence-corrected chi connectivity index (χ0v) is 41.6. The highest BCUT2D eigenvalue weighted by molar-refractivity contribution is 7.99. The third-order valence-corrected chi connectivity index (χ3v) is 17.7. The van der Waals surface area contributed by atoms with Crippen LogP contribution < -0.4 is 9.64 Å². The zero-order chi connectivity index (χ0) is 49.2. The molecule has 0 amide bonds. The Balaban J connectivity index is 0.927. The molecule has 16 rings (SSSR count). The van der Waals surface area contributed by atoms with Crippen molar-refractivity contribution >= 4 is 39.6 Å². The molecule has 75 heavy (non-hydrogen) atoms. The first kappa shape index (κ1) is 42.4. The van der Waals surface area contributed by atoms with Crippen molar-refractivity contribution in [2.45, 2.75) is 20.6 Å². The number of hydrogen-bond acceptors (Lipinski definition) is 3. The molecule has 0 atom stereocenters. The van der Waals surface area contributed by atoms with Crippen LogP contribution in [0.25, 0.3) is 55.3 Å². The summed E-state index contributed by atoms with van der Waals surface area (Å²) in [7, 11) is 0. The minimum absolute atomic E-state index is 0.474.